The zero-order chi connectivity index (χ0) is 38.6. The summed E-state index contributed by atoms with van der Waals surface area (Å²) in [6.07, 6.45) is -2.85. The maximum Gasteiger partial charge on any atom is 0.490 e. The number of ether oxygens (including phenoxy) is 2. The Balaban J connectivity index is 1.60. The molecule has 22 nitrogen and oxygen atoms in total. The van der Waals surface area contributed by atoms with Gasteiger partial charge in [-0.25, -0.2) is 13.7 Å². The fourth-order valence-electron chi connectivity index (χ4n) is 5.27. The first-order chi connectivity index (χ1) is 24.2. The number of phosphoric ester groups is 1. The van der Waals surface area contributed by atoms with Crippen LogP contribution in [0.5, 0.6) is 0 Å². The Kier molecular flexibility index (Phi) is 13.3. The summed E-state index contributed by atoms with van der Waals surface area (Å²) in [7, 11) is -15.5. The summed E-state index contributed by atoms with van der Waals surface area (Å²) in [5, 5.41) is 22.9. The topological polar surface area (TPSA) is 333 Å². The number of nitrogens with one attached hydrogen (secondary N) is 1. The number of nitrogens with two attached hydrogens (primary N) is 2. The van der Waals surface area contributed by atoms with E-state index in [2.05, 4.69) is 35.0 Å². The van der Waals surface area contributed by atoms with E-state index in [-0.39, 0.29) is 59.3 Å². The minimum atomic E-state index is -5.67. The minimum Gasteiger partial charge on any atom is -0.390 e. The Bertz CT molecular complexity index is 2060. The highest BCUT2D eigenvalue weighted by atomic mass is 31.3. The van der Waals surface area contributed by atoms with E-state index in [0.717, 1.165) is 7.11 Å². The first-order valence-corrected chi connectivity index (χ1v) is 19.7. The van der Waals surface area contributed by atoms with Crippen LogP contribution in [0.1, 0.15) is 55.7 Å². The van der Waals surface area contributed by atoms with Gasteiger partial charge in [0.2, 0.25) is 5.95 Å². The Hall–Kier alpha value is -3.35. The van der Waals surface area contributed by atoms with E-state index in [9.17, 15) is 38.6 Å². The Labute approximate surface area is 294 Å². The summed E-state index contributed by atoms with van der Waals surface area (Å²) in [6.45, 7) is 2.85. The smallest absolute Gasteiger partial charge is 0.390 e. The first-order valence-electron chi connectivity index (χ1n) is 15.2. The summed E-state index contributed by atoms with van der Waals surface area (Å²) in [5.74, 6) is 5.20. The lowest BCUT2D eigenvalue weighted by molar-refractivity contribution is -0.386. The number of H-pyrrole nitrogens is 1. The third-order valence-electron chi connectivity index (χ3n) is 7.36. The molecule has 0 bridgehead atoms. The van der Waals surface area contributed by atoms with Crippen molar-refractivity contribution in [2.24, 2.45) is 11.7 Å². The summed E-state index contributed by atoms with van der Waals surface area (Å²) in [5.41, 5.74) is 11.4. The van der Waals surface area contributed by atoms with Gasteiger partial charge < -0.3 is 45.3 Å². The standard InChI is InChI=1S/C27H37N6O16P3/c1-15(2)9-21(18-7-6-16(5-4-8-28)10-19(18)33(36)37)45-13-17-12-32(25-24(17)26(35)31-27(29)30-25)23-11-20(34)22(47-23)14-46-52(43,44-3)49-51(41,42)48-50(38,39)40/h6-7,10,12,15,20-23,34H,8-9,11,13-14,28H2,1-3H3,(H,41,42)(H2,38,39,40)(H3,29,30,31,35)/t20-,21-,22-,23-,52?/m1/s1. The van der Waals surface area contributed by atoms with E-state index in [1.165, 1.54) is 16.8 Å². The number of nitrogens with zero attached hydrogens (tertiary/aromatic N) is 3. The fraction of sp³-hybridized carbons (Fsp3) is 0.481. The molecule has 286 valence electrons. The van der Waals surface area contributed by atoms with Crippen molar-refractivity contribution in [3.05, 3.63) is 61.6 Å². The molecule has 6 atom stereocenters. The molecule has 1 aliphatic heterocycles. The van der Waals surface area contributed by atoms with E-state index in [1.807, 2.05) is 13.8 Å². The number of aromatic nitrogens is 3. The zero-order valence-corrected chi connectivity index (χ0v) is 30.4. The number of anilines is 1. The molecular formula is C27H37N6O16P3. The number of rotatable bonds is 16. The number of hydrogen-bond donors (Lipinski definition) is 7. The van der Waals surface area contributed by atoms with Gasteiger partial charge in [-0.1, -0.05) is 25.7 Å². The molecule has 0 aliphatic carbocycles. The van der Waals surface area contributed by atoms with Gasteiger partial charge in [0.05, 0.1) is 47.8 Å². The van der Waals surface area contributed by atoms with Gasteiger partial charge in [-0.2, -0.15) is 13.6 Å². The van der Waals surface area contributed by atoms with Gasteiger partial charge in [0.1, 0.15) is 12.3 Å². The molecule has 0 radical (unpaired) electrons. The van der Waals surface area contributed by atoms with E-state index >= 15 is 0 Å². The number of fused-ring (bicyclic) bond motifs is 1. The predicted molar refractivity (Wildman–Crippen MR) is 180 cm³/mol. The van der Waals surface area contributed by atoms with Gasteiger partial charge >= 0.3 is 23.5 Å². The number of benzene rings is 1. The van der Waals surface area contributed by atoms with Crippen molar-refractivity contribution in [2.75, 3.05) is 26.0 Å². The maximum absolute atomic E-state index is 13.2. The van der Waals surface area contributed by atoms with Crippen LogP contribution in [0.3, 0.4) is 0 Å². The van der Waals surface area contributed by atoms with E-state index in [1.54, 1.807) is 12.1 Å². The van der Waals surface area contributed by atoms with E-state index in [0.29, 0.717) is 12.0 Å². The Morgan fingerprint density at radius 3 is 2.56 bits per heavy atom. The normalized spacial score (nSPS) is 20.7. The molecule has 1 fully saturated rings. The minimum absolute atomic E-state index is 0.0227. The molecule has 2 aromatic heterocycles. The molecular weight excluding hydrogens is 757 g/mol. The van der Waals surface area contributed by atoms with Crippen LogP contribution in [0.15, 0.2) is 29.2 Å². The van der Waals surface area contributed by atoms with Gasteiger partial charge in [-0.3, -0.25) is 28.9 Å². The third kappa shape index (κ3) is 10.6. The monoisotopic (exact) mass is 794 g/mol. The molecule has 3 heterocycles. The molecule has 25 heteroatoms. The maximum atomic E-state index is 13.2. The third-order valence-corrected chi connectivity index (χ3v) is 11.6. The number of aliphatic hydroxyl groups excluding tert-OH is 1. The van der Waals surface area contributed by atoms with Crippen LogP contribution in [0.4, 0.5) is 11.6 Å². The van der Waals surface area contributed by atoms with Crippen LogP contribution in [-0.4, -0.2) is 71.7 Å². The van der Waals surface area contributed by atoms with Crippen molar-refractivity contribution in [3.63, 3.8) is 0 Å². The molecule has 0 spiro atoms. The highest BCUT2D eigenvalue weighted by Crippen LogP contribution is 2.68. The van der Waals surface area contributed by atoms with Crippen molar-refractivity contribution in [3.8, 4) is 11.8 Å². The van der Waals surface area contributed by atoms with Crippen LogP contribution in [0, 0.1) is 27.9 Å². The zero-order valence-electron chi connectivity index (χ0n) is 27.8. The average molecular weight is 795 g/mol. The lowest BCUT2D eigenvalue weighted by Crippen LogP contribution is -2.26. The summed E-state index contributed by atoms with van der Waals surface area (Å²) in [4.78, 5) is 58.5. The average Bonchev–Trinajstić information content (AvgIpc) is 3.58. The van der Waals surface area contributed by atoms with Crippen LogP contribution in [-0.2, 0) is 47.4 Å². The van der Waals surface area contributed by atoms with Gasteiger partial charge in [0, 0.05) is 36.9 Å². The van der Waals surface area contributed by atoms with Gasteiger partial charge in [-0.05, 0) is 24.5 Å². The van der Waals surface area contributed by atoms with Crippen molar-refractivity contribution >= 4 is 46.1 Å². The second kappa shape index (κ2) is 16.8. The van der Waals surface area contributed by atoms with Crippen molar-refractivity contribution in [1.82, 2.24) is 14.5 Å². The lowest BCUT2D eigenvalue weighted by atomic mass is 9.96. The van der Waals surface area contributed by atoms with Crippen LogP contribution in [0.25, 0.3) is 11.0 Å². The molecule has 0 saturated carbocycles. The fourth-order valence-corrected chi connectivity index (χ4v) is 8.64. The molecule has 1 saturated heterocycles. The number of nitro groups is 1. The predicted octanol–water partition coefficient (Wildman–Crippen LogP) is 2.48. The van der Waals surface area contributed by atoms with Crippen LogP contribution < -0.4 is 17.0 Å². The number of nitrogen functional groups attached to an aromatic ring is 1. The molecule has 3 aromatic rings. The molecule has 2 unspecified atom stereocenters. The van der Waals surface area contributed by atoms with Crippen molar-refractivity contribution in [1.29, 1.82) is 0 Å². The molecule has 0 amide bonds. The number of hydrogen-bond acceptors (Lipinski definition) is 16. The largest absolute Gasteiger partial charge is 0.490 e. The van der Waals surface area contributed by atoms with E-state index in [4.69, 9.17) is 35.3 Å². The molecule has 9 N–H and O–H groups in total. The molecule has 1 aromatic carbocycles. The highest BCUT2D eigenvalue weighted by molar-refractivity contribution is 7.66. The van der Waals surface area contributed by atoms with Gasteiger partial charge in [-0.15, -0.1) is 0 Å². The van der Waals surface area contributed by atoms with Crippen molar-refractivity contribution < 1.29 is 65.5 Å². The Morgan fingerprint density at radius 2 is 1.94 bits per heavy atom. The van der Waals surface area contributed by atoms with Crippen LogP contribution in [0.2, 0.25) is 0 Å². The molecule has 52 heavy (non-hydrogen) atoms. The Morgan fingerprint density at radius 1 is 1.23 bits per heavy atom. The second-order valence-corrected chi connectivity index (χ2v) is 16.4. The van der Waals surface area contributed by atoms with Gasteiger partial charge in [0.25, 0.3) is 11.2 Å². The quantitative estimate of drug-likeness (QED) is 0.0474. The van der Waals surface area contributed by atoms with E-state index < -0.39 is 65.1 Å². The lowest BCUT2D eigenvalue weighted by Gasteiger charge is -2.21. The second-order valence-electron chi connectivity index (χ2n) is 11.7. The number of nitro benzene ring substituents is 1. The van der Waals surface area contributed by atoms with Gasteiger partial charge in [0.15, 0.2) is 5.65 Å². The van der Waals surface area contributed by atoms with Crippen LogP contribution >= 0.6 is 23.5 Å². The summed E-state index contributed by atoms with van der Waals surface area (Å²) < 4.78 is 66.5. The molecule has 1 aliphatic rings. The SMILES string of the molecule is COP(=O)(OC[C@H]1O[C@@H](n2cc(CO[C@H](CC(C)C)c3ccc(C#CCN)cc3[N+](=O)[O-])c3c(=O)[nH]c(N)nc32)C[C@H]1O)OP(=O)(O)OP(=O)(O)O. The number of aliphatic hydroxyl groups is 1. The first kappa shape index (κ1) is 41.4. The number of aromatic amines is 1. The summed E-state index contributed by atoms with van der Waals surface area (Å²) >= 11 is 0. The summed E-state index contributed by atoms with van der Waals surface area (Å²) in [6, 6.07) is 4.50. The molecule has 4 rings (SSSR count). The highest BCUT2D eigenvalue weighted by Gasteiger charge is 2.44. The van der Waals surface area contributed by atoms with Crippen molar-refractivity contribution in [2.45, 2.75) is 57.8 Å². The number of phosphoric acid groups is 3.